The van der Waals surface area contributed by atoms with Crippen LogP contribution in [0.15, 0.2) is 12.3 Å². The summed E-state index contributed by atoms with van der Waals surface area (Å²) in [6.07, 6.45) is 0.220. The van der Waals surface area contributed by atoms with E-state index in [2.05, 4.69) is 15.0 Å². The molecule has 18 heavy (non-hydrogen) atoms. The predicted molar refractivity (Wildman–Crippen MR) is 64.9 cm³/mol. The zero-order valence-corrected chi connectivity index (χ0v) is 10.0. The first-order chi connectivity index (χ1) is 8.52. The van der Waals surface area contributed by atoms with Crippen LogP contribution < -0.4 is 15.7 Å². The first-order valence-corrected chi connectivity index (χ1v) is 5.41. The zero-order valence-electron chi connectivity index (χ0n) is 10.0. The molecule has 2 rings (SSSR count). The van der Waals surface area contributed by atoms with E-state index >= 15 is 0 Å². The number of rotatable bonds is 2. The van der Waals surface area contributed by atoms with Crippen molar-refractivity contribution in [2.45, 2.75) is 13.8 Å². The smallest absolute Gasteiger partial charge is 0.182 e. The van der Waals surface area contributed by atoms with Gasteiger partial charge in [-0.25, -0.2) is 15.0 Å². The standard InChI is InChI=1S/C11H13N5O2/c1-3-16(11(17)18)8-4-7(12)9-10(15-8)13-5-6(2)14-9/h4-5H,3H2,1-2H3,(H,17,18)(H2,12,13,15)/p-1. The number of anilines is 2. The lowest BCUT2D eigenvalue weighted by atomic mass is 10.3. The van der Waals surface area contributed by atoms with E-state index in [-0.39, 0.29) is 12.4 Å². The molecule has 2 heterocycles. The van der Waals surface area contributed by atoms with E-state index in [9.17, 15) is 9.90 Å². The third kappa shape index (κ3) is 2.02. The van der Waals surface area contributed by atoms with Gasteiger partial charge in [0.25, 0.3) is 0 Å². The van der Waals surface area contributed by atoms with Crippen molar-refractivity contribution in [3.63, 3.8) is 0 Å². The Morgan fingerprint density at radius 3 is 2.83 bits per heavy atom. The fourth-order valence-electron chi connectivity index (χ4n) is 1.62. The van der Waals surface area contributed by atoms with Gasteiger partial charge in [-0.15, -0.1) is 0 Å². The summed E-state index contributed by atoms with van der Waals surface area (Å²) in [4.78, 5) is 24.3. The van der Waals surface area contributed by atoms with E-state index in [1.54, 1.807) is 20.0 Å². The van der Waals surface area contributed by atoms with Gasteiger partial charge < -0.3 is 20.5 Å². The average Bonchev–Trinajstić information content (AvgIpc) is 2.30. The molecule has 1 amide bonds. The van der Waals surface area contributed by atoms with E-state index in [1.165, 1.54) is 6.07 Å². The van der Waals surface area contributed by atoms with Crippen molar-refractivity contribution in [1.29, 1.82) is 0 Å². The normalized spacial score (nSPS) is 10.6. The third-order valence-corrected chi connectivity index (χ3v) is 2.47. The van der Waals surface area contributed by atoms with E-state index < -0.39 is 6.09 Å². The second-order valence-corrected chi connectivity index (χ2v) is 3.76. The highest BCUT2D eigenvalue weighted by molar-refractivity contribution is 5.90. The number of aryl methyl sites for hydroxylation is 1. The molecule has 2 N–H and O–H groups in total. The molecule has 0 aliphatic heterocycles. The number of nitrogen functional groups attached to an aromatic ring is 1. The molecule has 0 unspecified atom stereocenters. The van der Waals surface area contributed by atoms with Crippen LogP contribution >= 0.6 is 0 Å². The molecule has 0 atom stereocenters. The second-order valence-electron chi connectivity index (χ2n) is 3.76. The van der Waals surface area contributed by atoms with Crippen LogP contribution in [0, 0.1) is 6.92 Å². The van der Waals surface area contributed by atoms with Crippen molar-refractivity contribution >= 4 is 28.8 Å². The van der Waals surface area contributed by atoms with E-state index in [1.807, 2.05) is 0 Å². The number of amides is 1. The number of fused-ring (bicyclic) bond motifs is 1. The first kappa shape index (κ1) is 12.0. The highest BCUT2D eigenvalue weighted by Gasteiger charge is 2.11. The van der Waals surface area contributed by atoms with E-state index in [0.29, 0.717) is 16.9 Å². The lowest BCUT2D eigenvalue weighted by molar-refractivity contribution is -0.246. The molecule has 94 valence electrons. The fourth-order valence-corrected chi connectivity index (χ4v) is 1.62. The van der Waals surface area contributed by atoms with Gasteiger partial charge >= 0.3 is 0 Å². The van der Waals surface area contributed by atoms with Crippen molar-refractivity contribution in [1.82, 2.24) is 15.0 Å². The molecule has 0 radical (unpaired) electrons. The molecular weight excluding hydrogens is 234 g/mol. The minimum Gasteiger partial charge on any atom is -0.530 e. The molecule has 0 spiro atoms. The first-order valence-electron chi connectivity index (χ1n) is 5.41. The number of hydrogen-bond donors (Lipinski definition) is 1. The Bertz CT molecular complexity index is 614. The monoisotopic (exact) mass is 246 g/mol. The largest absolute Gasteiger partial charge is 0.530 e. The van der Waals surface area contributed by atoms with Crippen LogP contribution in [0.2, 0.25) is 0 Å². The third-order valence-electron chi connectivity index (χ3n) is 2.47. The molecule has 0 fully saturated rings. The van der Waals surface area contributed by atoms with Crippen molar-refractivity contribution < 1.29 is 9.90 Å². The predicted octanol–water partition coefficient (Wildman–Crippen LogP) is 0.0850. The number of aromatic nitrogens is 3. The maximum atomic E-state index is 10.9. The number of carbonyl (C=O) groups is 1. The summed E-state index contributed by atoms with van der Waals surface area (Å²) in [5, 5.41) is 10.9. The van der Waals surface area contributed by atoms with Gasteiger partial charge in [0.15, 0.2) is 5.65 Å². The Morgan fingerprint density at radius 1 is 1.50 bits per heavy atom. The van der Waals surface area contributed by atoms with Gasteiger partial charge in [-0.05, 0) is 13.8 Å². The van der Waals surface area contributed by atoms with Crippen LogP contribution in [0.1, 0.15) is 12.6 Å². The number of nitrogens with two attached hydrogens (primary N) is 1. The Morgan fingerprint density at radius 2 is 2.22 bits per heavy atom. The Balaban J connectivity index is 2.62. The summed E-state index contributed by atoms with van der Waals surface area (Å²) in [7, 11) is 0. The average molecular weight is 246 g/mol. The van der Waals surface area contributed by atoms with Crippen LogP contribution in [-0.4, -0.2) is 27.6 Å². The van der Waals surface area contributed by atoms with Crippen LogP contribution in [0.25, 0.3) is 11.2 Å². The molecule has 0 bridgehead atoms. The number of hydrogen-bond acceptors (Lipinski definition) is 6. The van der Waals surface area contributed by atoms with Crippen molar-refractivity contribution in [2.75, 3.05) is 17.2 Å². The lowest BCUT2D eigenvalue weighted by Crippen LogP contribution is -2.41. The van der Waals surface area contributed by atoms with Crippen LogP contribution in [-0.2, 0) is 0 Å². The summed E-state index contributed by atoms with van der Waals surface area (Å²) in [5.74, 6) is 0.195. The molecule has 7 heteroatoms. The number of carboxylic acid groups (broad SMARTS) is 1. The topological polar surface area (TPSA) is 108 Å². The van der Waals surface area contributed by atoms with Gasteiger partial charge in [-0.2, -0.15) is 0 Å². The molecule has 7 nitrogen and oxygen atoms in total. The SMILES string of the molecule is CCN(C(=O)[O-])c1cc(N)c2nc(C)cnc2n1. The highest BCUT2D eigenvalue weighted by Crippen LogP contribution is 2.22. The molecule has 2 aromatic rings. The van der Waals surface area contributed by atoms with Gasteiger partial charge in [0.1, 0.15) is 17.4 Å². The number of nitrogens with zero attached hydrogens (tertiary/aromatic N) is 4. The van der Waals surface area contributed by atoms with E-state index in [4.69, 9.17) is 5.73 Å². The van der Waals surface area contributed by atoms with E-state index in [0.717, 1.165) is 10.6 Å². The molecule has 0 saturated carbocycles. The molecule has 0 aliphatic rings. The molecule has 0 aliphatic carbocycles. The van der Waals surface area contributed by atoms with Crippen molar-refractivity contribution in [2.24, 2.45) is 0 Å². The summed E-state index contributed by atoms with van der Waals surface area (Å²) >= 11 is 0. The van der Waals surface area contributed by atoms with Gasteiger partial charge in [0, 0.05) is 12.6 Å². The zero-order chi connectivity index (χ0) is 13.3. The molecular formula is C11H12N5O2-. The van der Waals surface area contributed by atoms with Gasteiger partial charge in [0.2, 0.25) is 0 Å². The Labute approximate surface area is 103 Å². The van der Waals surface area contributed by atoms with Crippen LogP contribution in [0.4, 0.5) is 16.3 Å². The maximum absolute atomic E-state index is 10.9. The summed E-state index contributed by atoms with van der Waals surface area (Å²) in [6.45, 7) is 3.69. The Kier molecular flexibility index (Phi) is 2.97. The van der Waals surface area contributed by atoms with Gasteiger partial charge in [-0.1, -0.05) is 0 Å². The summed E-state index contributed by atoms with van der Waals surface area (Å²) in [5.41, 5.74) is 7.67. The number of carbonyl (C=O) groups excluding carboxylic acids is 1. The van der Waals surface area contributed by atoms with Gasteiger partial charge in [-0.3, -0.25) is 0 Å². The summed E-state index contributed by atoms with van der Waals surface area (Å²) < 4.78 is 0. The van der Waals surface area contributed by atoms with Gasteiger partial charge in [0.05, 0.1) is 17.6 Å². The van der Waals surface area contributed by atoms with Crippen LogP contribution in [0.5, 0.6) is 0 Å². The van der Waals surface area contributed by atoms with Crippen LogP contribution in [0.3, 0.4) is 0 Å². The quantitative estimate of drug-likeness (QED) is 0.804. The Hall–Kier alpha value is -2.44. The lowest BCUT2D eigenvalue weighted by Gasteiger charge is -2.22. The summed E-state index contributed by atoms with van der Waals surface area (Å²) in [6, 6.07) is 1.45. The minimum atomic E-state index is -1.33. The number of pyridine rings is 1. The second kappa shape index (κ2) is 4.44. The molecule has 0 aromatic carbocycles. The molecule has 2 aromatic heterocycles. The minimum absolute atomic E-state index is 0.195. The fraction of sp³-hybridized carbons (Fsp3) is 0.273. The van der Waals surface area contributed by atoms with Crippen molar-refractivity contribution in [3.8, 4) is 0 Å². The molecule has 0 saturated heterocycles. The maximum Gasteiger partial charge on any atom is 0.182 e. The van der Waals surface area contributed by atoms with Crippen molar-refractivity contribution in [3.05, 3.63) is 18.0 Å². The highest BCUT2D eigenvalue weighted by atomic mass is 16.4.